The molecule has 0 saturated carbocycles. The van der Waals surface area contributed by atoms with E-state index in [4.69, 9.17) is 5.11 Å². The maximum absolute atomic E-state index is 12.3. The van der Waals surface area contributed by atoms with E-state index in [2.05, 4.69) is 4.72 Å². The first-order chi connectivity index (χ1) is 7.39. The second kappa shape index (κ2) is 5.22. The Balaban J connectivity index is 2.64. The zero-order valence-corrected chi connectivity index (χ0v) is 8.73. The Kier molecular flexibility index (Phi) is 4.19. The largest absolute Gasteiger partial charge is 0.480 e. The molecule has 1 aromatic rings. The predicted octanol–water partition coefficient (Wildman–Crippen LogP) is 2.39. The van der Waals surface area contributed by atoms with Crippen molar-refractivity contribution >= 4 is 17.9 Å². The van der Waals surface area contributed by atoms with Gasteiger partial charge in [-0.05, 0) is 30.1 Å². The third-order valence-electron chi connectivity index (χ3n) is 1.57. The number of carbonyl (C=O) groups is 1. The lowest BCUT2D eigenvalue weighted by Crippen LogP contribution is -2.15. The average molecular weight is 251 g/mol. The fourth-order valence-corrected chi connectivity index (χ4v) is 1.61. The third-order valence-corrected chi connectivity index (χ3v) is 2.35. The van der Waals surface area contributed by atoms with E-state index in [0.29, 0.717) is 4.90 Å². The second-order valence-corrected chi connectivity index (χ2v) is 3.81. The summed E-state index contributed by atoms with van der Waals surface area (Å²) in [6.45, 7) is -0.319. The molecule has 0 aliphatic rings. The first-order valence-electron chi connectivity index (χ1n) is 4.18. The van der Waals surface area contributed by atoms with E-state index in [1.54, 1.807) is 0 Å². The predicted molar refractivity (Wildman–Crippen MR) is 52.9 cm³/mol. The number of hydrogen-bond acceptors (Lipinski definition) is 3. The zero-order chi connectivity index (χ0) is 12.2. The van der Waals surface area contributed by atoms with Crippen molar-refractivity contribution in [2.75, 3.05) is 6.54 Å². The van der Waals surface area contributed by atoms with Crippen molar-refractivity contribution in [3.8, 4) is 0 Å². The van der Waals surface area contributed by atoms with E-state index >= 15 is 0 Å². The molecule has 0 saturated heterocycles. The standard InChI is InChI=1S/C9H8F3NO2S/c10-9(11,12)6-2-1-3-7(4-6)16-13-5-8(14)15/h1-4,13H,5H2,(H,14,15). The molecule has 3 nitrogen and oxygen atoms in total. The topological polar surface area (TPSA) is 49.3 Å². The summed E-state index contributed by atoms with van der Waals surface area (Å²) in [5.41, 5.74) is -0.755. The first-order valence-corrected chi connectivity index (χ1v) is 5.00. The monoisotopic (exact) mass is 251 g/mol. The molecule has 0 radical (unpaired) electrons. The molecule has 2 N–H and O–H groups in total. The minimum atomic E-state index is -4.39. The number of alkyl halides is 3. The molecule has 0 heterocycles. The molecule has 0 amide bonds. The van der Waals surface area contributed by atoms with Gasteiger partial charge in [-0.25, -0.2) is 4.72 Å². The molecular formula is C9H8F3NO2S. The van der Waals surface area contributed by atoms with Gasteiger partial charge >= 0.3 is 12.1 Å². The van der Waals surface area contributed by atoms with Crippen LogP contribution < -0.4 is 4.72 Å². The molecule has 0 aliphatic carbocycles. The molecule has 1 aromatic carbocycles. The molecule has 0 atom stereocenters. The van der Waals surface area contributed by atoms with Crippen LogP contribution in [0.4, 0.5) is 13.2 Å². The summed E-state index contributed by atoms with van der Waals surface area (Å²) in [6.07, 6.45) is -4.39. The Morgan fingerprint density at radius 1 is 1.44 bits per heavy atom. The first kappa shape index (κ1) is 12.9. The van der Waals surface area contributed by atoms with E-state index in [1.807, 2.05) is 0 Å². The highest BCUT2D eigenvalue weighted by Gasteiger charge is 2.30. The van der Waals surface area contributed by atoms with Crippen LogP contribution in [-0.2, 0) is 11.0 Å². The van der Waals surface area contributed by atoms with Crippen molar-refractivity contribution < 1.29 is 23.1 Å². The van der Waals surface area contributed by atoms with Crippen LogP contribution in [0.1, 0.15) is 5.56 Å². The summed E-state index contributed by atoms with van der Waals surface area (Å²) in [5, 5.41) is 8.32. The number of aliphatic carboxylic acids is 1. The molecule has 1 rings (SSSR count). The number of rotatable bonds is 4. The van der Waals surface area contributed by atoms with Crippen molar-refractivity contribution in [3.05, 3.63) is 29.8 Å². The maximum atomic E-state index is 12.3. The van der Waals surface area contributed by atoms with Crippen molar-refractivity contribution in [2.45, 2.75) is 11.1 Å². The Bertz CT molecular complexity index is 381. The summed E-state index contributed by atoms with van der Waals surface area (Å²) in [6, 6.07) is 4.66. The molecule has 0 bridgehead atoms. The summed E-state index contributed by atoms with van der Waals surface area (Å²) >= 11 is 0.848. The Morgan fingerprint density at radius 2 is 2.12 bits per heavy atom. The van der Waals surface area contributed by atoms with Gasteiger partial charge < -0.3 is 5.11 Å². The molecular weight excluding hydrogens is 243 g/mol. The van der Waals surface area contributed by atoms with Crippen LogP contribution in [-0.4, -0.2) is 17.6 Å². The normalized spacial score (nSPS) is 11.4. The highest BCUT2D eigenvalue weighted by molar-refractivity contribution is 7.97. The van der Waals surface area contributed by atoms with Gasteiger partial charge in [-0.1, -0.05) is 6.07 Å². The summed E-state index contributed by atoms with van der Waals surface area (Å²) in [7, 11) is 0. The van der Waals surface area contributed by atoms with Crippen molar-refractivity contribution in [3.63, 3.8) is 0 Å². The van der Waals surface area contributed by atoms with E-state index in [-0.39, 0.29) is 6.54 Å². The van der Waals surface area contributed by atoms with Gasteiger partial charge in [0.15, 0.2) is 0 Å². The quantitative estimate of drug-likeness (QED) is 0.807. The summed E-state index contributed by atoms with van der Waals surface area (Å²) in [4.78, 5) is 10.5. The van der Waals surface area contributed by atoms with Crippen molar-refractivity contribution in [1.29, 1.82) is 0 Å². The van der Waals surface area contributed by atoms with Gasteiger partial charge in [-0.3, -0.25) is 4.79 Å². The summed E-state index contributed by atoms with van der Waals surface area (Å²) < 4.78 is 39.3. The molecule has 0 aromatic heterocycles. The summed E-state index contributed by atoms with van der Waals surface area (Å²) in [5.74, 6) is -1.07. The molecule has 7 heteroatoms. The van der Waals surface area contributed by atoms with E-state index in [9.17, 15) is 18.0 Å². The van der Waals surface area contributed by atoms with Gasteiger partial charge in [0.25, 0.3) is 0 Å². The van der Waals surface area contributed by atoms with Crippen molar-refractivity contribution in [2.24, 2.45) is 0 Å². The Labute approximate surface area is 93.8 Å². The molecule has 88 valence electrons. The number of halogens is 3. The van der Waals surface area contributed by atoms with Crippen LogP contribution in [0.25, 0.3) is 0 Å². The molecule has 0 unspecified atom stereocenters. The SMILES string of the molecule is O=C(O)CNSc1cccc(C(F)(F)F)c1. The number of benzene rings is 1. The smallest absolute Gasteiger partial charge is 0.416 e. The zero-order valence-electron chi connectivity index (χ0n) is 7.91. The van der Waals surface area contributed by atoms with Gasteiger partial charge in [0, 0.05) is 4.90 Å². The average Bonchev–Trinajstić information content (AvgIpc) is 2.16. The van der Waals surface area contributed by atoms with Crippen LogP contribution in [0.5, 0.6) is 0 Å². The van der Waals surface area contributed by atoms with Crippen LogP contribution in [0.15, 0.2) is 29.2 Å². The fraction of sp³-hybridized carbons (Fsp3) is 0.222. The van der Waals surface area contributed by atoms with Crippen LogP contribution in [0.2, 0.25) is 0 Å². The minimum absolute atomic E-state index is 0.316. The molecule has 0 fully saturated rings. The van der Waals surface area contributed by atoms with Gasteiger partial charge in [0.05, 0.1) is 5.56 Å². The number of hydrogen-bond donors (Lipinski definition) is 2. The van der Waals surface area contributed by atoms with Crippen LogP contribution >= 0.6 is 11.9 Å². The molecule has 0 aliphatic heterocycles. The number of carboxylic acid groups (broad SMARTS) is 1. The van der Waals surface area contributed by atoms with Gasteiger partial charge in [0.1, 0.15) is 6.54 Å². The van der Waals surface area contributed by atoms with E-state index in [0.717, 1.165) is 24.1 Å². The third kappa shape index (κ3) is 4.11. The van der Waals surface area contributed by atoms with Gasteiger partial charge in [-0.15, -0.1) is 0 Å². The highest BCUT2D eigenvalue weighted by atomic mass is 32.2. The Hall–Kier alpha value is -1.21. The van der Waals surface area contributed by atoms with Gasteiger partial charge in [-0.2, -0.15) is 13.2 Å². The lowest BCUT2D eigenvalue weighted by atomic mass is 10.2. The van der Waals surface area contributed by atoms with Crippen molar-refractivity contribution in [1.82, 2.24) is 4.72 Å². The van der Waals surface area contributed by atoms with Crippen LogP contribution in [0, 0.1) is 0 Å². The minimum Gasteiger partial charge on any atom is -0.480 e. The maximum Gasteiger partial charge on any atom is 0.416 e. The highest BCUT2D eigenvalue weighted by Crippen LogP contribution is 2.31. The Morgan fingerprint density at radius 3 is 2.69 bits per heavy atom. The fourth-order valence-electron chi connectivity index (χ4n) is 0.917. The molecule has 0 spiro atoms. The lowest BCUT2D eigenvalue weighted by Gasteiger charge is -2.08. The van der Waals surface area contributed by atoms with Gasteiger partial charge in [0.2, 0.25) is 0 Å². The molecule has 16 heavy (non-hydrogen) atoms. The van der Waals surface area contributed by atoms with E-state index in [1.165, 1.54) is 12.1 Å². The lowest BCUT2D eigenvalue weighted by molar-refractivity contribution is -0.138. The second-order valence-electron chi connectivity index (χ2n) is 2.84. The number of nitrogens with one attached hydrogen (secondary N) is 1. The van der Waals surface area contributed by atoms with Crippen LogP contribution in [0.3, 0.4) is 0 Å². The number of carboxylic acids is 1. The van der Waals surface area contributed by atoms with E-state index < -0.39 is 17.7 Å².